The lowest BCUT2D eigenvalue weighted by molar-refractivity contribution is 0.0990. The molecule has 0 amide bonds. The number of fused-ring (bicyclic) bond motifs is 8. The lowest BCUT2D eigenvalue weighted by Crippen LogP contribution is -2.44. The predicted molar refractivity (Wildman–Crippen MR) is 96.9 cm³/mol. The van der Waals surface area contributed by atoms with Crippen LogP contribution in [0.5, 0.6) is 0 Å². The largest absolute Gasteiger partial charge is 0.0843 e. The average molecular weight is 323 g/mol. The number of halogens is 1. The fraction of sp³-hybridized carbons (Fsp3) is 0.455. The normalized spacial score (nSPS) is 35.6. The summed E-state index contributed by atoms with van der Waals surface area (Å²) < 4.78 is 0. The van der Waals surface area contributed by atoms with Gasteiger partial charge in [0, 0.05) is 10.4 Å². The summed E-state index contributed by atoms with van der Waals surface area (Å²) in [6, 6.07) is 15.6. The second-order valence-corrected chi connectivity index (χ2v) is 9.07. The Labute approximate surface area is 143 Å². The first-order chi connectivity index (χ1) is 10.9. The molecule has 0 aliphatic heterocycles. The Morgan fingerprint density at radius 3 is 2.39 bits per heavy atom. The number of hydrogen-bond donors (Lipinski definition) is 0. The van der Waals surface area contributed by atoms with Crippen LogP contribution in [-0.4, -0.2) is 0 Å². The molecule has 3 aliphatic rings. The zero-order chi connectivity index (χ0) is 16.0. The molecule has 2 aromatic carbocycles. The molecule has 23 heavy (non-hydrogen) atoms. The van der Waals surface area contributed by atoms with Crippen LogP contribution in [0, 0.1) is 16.7 Å². The van der Waals surface area contributed by atoms with Crippen LogP contribution in [-0.2, 0) is 5.41 Å². The lowest BCUT2D eigenvalue weighted by atomic mass is 9.55. The smallest absolute Gasteiger partial charge is 0.0409 e. The Balaban J connectivity index is 1.91. The first-order valence-corrected chi connectivity index (χ1v) is 9.19. The van der Waals surface area contributed by atoms with E-state index in [4.69, 9.17) is 11.6 Å². The minimum atomic E-state index is 0.149. The van der Waals surface area contributed by atoms with Gasteiger partial charge >= 0.3 is 0 Å². The van der Waals surface area contributed by atoms with Gasteiger partial charge in [0.15, 0.2) is 0 Å². The van der Waals surface area contributed by atoms with Crippen molar-refractivity contribution >= 4 is 11.6 Å². The molecular formula is C22H23Cl. The summed E-state index contributed by atoms with van der Waals surface area (Å²) in [5.74, 6) is 0.811. The maximum Gasteiger partial charge on any atom is 0.0409 e. The van der Waals surface area contributed by atoms with Crippen molar-refractivity contribution in [2.45, 2.75) is 45.4 Å². The van der Waals surface area contributed by atoms with Crippen molar-refractivity contribution in [3.63, 3.8) is 0 Å². The van der Waals surface area contributed by atoms with Crippen LogP contribution in [0.1, 0.15) is 51.2 Å². The van der Waals surface area contributed by atoms with Crippen LogP contribution >= 0.6 is 11.6 Å². The molecule has 3 aliphatic carbocycles. The number of rotatable bonds is 0. The van der Waals surface area contributed by atoms with Gasteiger partial charge in [-0.05, 0) is 70.4 Å². The third-order valence-electron chi connectivity index (χ3n) is 8.05. The molecule has 0 heterocycles. The van der Waals surface area contributed by atoms with Crippen LogP contribution in [0.3, 0.4) is 0 Å². The summed E-state index contributed by atoms with van der Waals surface area (Å²) in [5, 5.41) is 0.875. The molecular weight excluding hydrogens is 300 g/mol. The van der Waals surface area contributed by atoms with Crippen molar-refractivity contribution < 1.29 is 0 Å². The maximum absolute atomic E-state index is 6.45. The molecule has 1 spiro atoms. The van der Waals surface area contributed by atoms with E-state index in [2.05, 4.69) is 63.2 Å². The zero-order valence-corrected chi connectivity index (χ0v) is 14.9. The second-order valence-electron chi connectivity index (χ2n) is 8.63. The Morgan fingerprint density at radius 2 is 1.70 bits per heavy atom. The Bertz CT molecular complexity index is 834. The summed E-state index contributed by atoms with van der Waals surface area (Å²) in [4.78, 5) is 0. The third kappa shape index (κ3) is 1.34. The Hall–Kier alpha value is -1.27. The van der Waals surface area contributed by atoms with Crippen LogP contribution in [0.25, 0.3) is 11.1 Å². The summed E-state index contributed by atoms with van der Waals surface area (Å²) in [5.41, 5.74) is 6.72. The molecule has 0 N–H and O–H groups in total. The molecule has 0 aromatic heterocycles. The molecule has 118 valence electrons. The zero-order valence-electron chi connectivity index (χ0n) is 14.1. The first kappa shape index (κ1) is 14.1. The van der Waals surface area contributed by atoms with Crippen molar-refractivity contribution in [1.82, 2.24) is 0 Å². The van der Waals surface area contributed by atoms with Crippen molar-refractivity contribution in [2.24, 2.45) is 16.7 Å². The van der Waals surface area contributed by atoms with Gasteiger partial charge in [0.2, 0.25) is 0 Å². The molecule has 0 saturated heterocycles. The van der Waals surface area contributed by atoms with Gasteiger partial charge in [-0.3, -0.25) is 0 Å². The molecule has 5 rings (SSSR count). The SMILES string of the molecule is CC1(C)C2CCC1(C)C1(C2)c2ccccc2-c2ccc(Cl)cc21. The maximum atomic E-state index is 6.45. The quantitative estimate of drug-likeness (QED) is 0.522. The van der Waals surface area contributed by atoms with Gasteiger partial charge in [0.25, 0.3) is 0 Å². The monoisotopic (exact) mass is 322 g/mol. The van der Waals surface area contributed by atoms with E-state index in [1.165, 1.54) is 36.0 Å². The van der Waals surface area contributed by atoms with E-state index in [1.54, 1.807) is 5.56 Å². The molecule has 0 radical (unpaired) electrons. The molecule has 1 heteroatoms. The lowest BCUT2D eigenvalue weighted by Gasteiger charge is -2.48. The topological polar surface area (TPSA) is 0 Å². The fourth-order valence-corrected chi connectivity index (χ4v) is 6.64. The highest BCUT2D eigenvalue weighted by Gasteiger charge is 2.71. The highest BCUT2D eigenvalue weighted by Crippen LogP contribution is 2.77. The van der Waals surface area contributed by atoms with Crippen molar-refractivity contribution in [2.75, 3.05) is 0 Å². The molecule has 0 nitrogen and oxygen atoms in total. The van der Waals surface area contributed by atoms with Gasteiger partial charge in [-0.15, -0.1) is 0 Å². The third-order valence-corrected chi connectivity index (χ3v) is 8.28. The van der Waals surface area contributed by atoms with Crippen LogP contribution in [0.15, 0.2) is 42.5 Å². The van der Waals surface area contributed by atoms with Gasteiger partial charge in [0.1, 0.15) is 0 Å². The highest BCUT2D eigenvalue weighted by atomic mass is 35.5. The summed E-state index contributed by atoms with van der Waals surface area (Å²) in [7, 11) is 0. The molecule has 3 unspecified atom stereocenters. The van der Waals surface area contributed by atoms with Crippen LogP contribution in [0.4, 0.5) is 0 Å². The number of benzene rings is 2. The van der Waals surface area contributed by atoms with E-state index in [0.29, 0.717) is 10.8 Å². The van der Waals surface area contributed by atoms with Gasteiger partial charge in [-0.1, -0.05) is 62.7 Å². The van der Waals surface area contributed by atoms with Crippen LogP contribution < -0.4 is 0 Å². The first-order valence-electron chi connectivity index (χ1n) is 8.82. The molecule has 2 aromatic rings. The van der Waals surface area contributed by atoms with Gasteiger partial charge in [-0.25, -0.2) is 0 Å². The fourth-order valence-electron chi connectivity index (χ4n) is 6.47. The summed E-state index contributed by atoms with van der Waals surface area (Å²) in [6.45, 7) is 7.56. The van der Waals surface area contributed by atoms with Crippen molar-refractivity contribution in [3.8, 4) is 11.1 Å². The predicted octanol–water partition coefficient (Wildman–Crippen LogP) is 6.45. The van der Waals surface area contributed by atoms with E-state index in [9.17, 15) is 0 Å². The highest BCUT2D eigenvalue weighted by molar-refractivity contribution is 6.30. The van der Waals surface area contributed by atoms with E-state index in [0.717, 1.165) is 10.9 Å². The molecule has 3 atom stereocenters. The van der Waals surface area contributed by atoms with Gasteiger partial charge in [0.05, 0.1) is 0 Å². The summed E-state index contributed by atoms with van der Waals surface area (Å²) in [6.07, 6.45) is 3.98. The van der Waals surface area contributed by atoms with Gasteiger partial charge < -0.3 is 0 Å². The minimum absolute atomic E-state index is 0.149. The van der Waals surface area contributed by atoms with E-state index in [1.807, 2.05) is 0 Å². The van der Waals surface area contributed by atoms with E-state index < -0.39 is 0 Å². The molecule has 2 fully saturated rings. The minimum Gasteiger partial charge on any atom is -0.0843 e. The molecule has 2 bridgehead atoms. The summed E-state index contributed by atoms with van der Waals surface area (Å²) >= 11 is 6.45. The van der Waals surface area contributed by atoms with Crippen LogP contribution in [0.2, 0.25) is 5.02 Å². The molecule has 2 saturated carbocycles. The van der Waals surface area contributed by atoms with Crippen molar-refractivity contribution in [3.05, 3.63) is 58.6 Å². The van der Waals surface area contributed by atoms with Gasteiger partial charge in [-0.2, -0.15) is 0 Å². The second kappa shape index (κ2) is 4.03. The standard InChI is InChI=1S/C22H23Cl/c1-20(2)14-10-11-21(20,3)22(13-14)18-7-5-4-6-16(18)17-9-8-15(23)12-19(17)22/h4-9,12,14H,10-11,13H2,1-3H3. The van der Waals surface area contributed by atoms with E-state index >= 15 is 0 Å². The van der Waals surface area contributed by atoms with E-state index in [-0.39, 0.29) is 5.41 Å². The van der Waals surface area contributed by atoms with Crippen molar-refractivity contribution in [1.29, 1.82) is 0 Å². The average Bonchev–Trinajstić information content (AvgIpc) is 3.00. The number of hydrogen-bond acceptors (Lipinski definition) is 0. The Morgan fingerprint density at radius 1 is 0.957 bits per heavy atom. The Kier molecular flexibility index (Phi) is 2.47.